The highest BCUT2D eigenvalue weighted by Gasteiger charge is 2.21. The summed E-state index contributed by atoms with van der Waals surface area (Å²) in [6.45, 7) is 3.85. The van der Waals surface area contributed by atoms with E-state index in [9.17, 15) is 19.5 Å². The Morgan fingerprint density at radius 2 is 1.79 bits per heavy atom. The second kappa shape index (κ2) is 11.0. The van der Waals surface area contributed by atoms with E-state index in [2.05, 4.69) is 10.6 Å². The summed E-state index contributed by atoms with van der Waals surface area (Å²) in [4.78, 5) is 37.2. The number of hydrogen-bond donors (Lipinski definition) is 3. The van der Waals surface area contributed by atoms with Crippen molar-refractivity contribution < 1.29 is 24.2 Å². The van der Waals surface area contributed by atoms with Crippen LogP contribution in [0.5, 0.6) is 17.2 Å². The molecule has 0 aliphatic heterocycles. The quantitative estimate of drug-likeness (QED) is 0.433. The molecule has 2 aromatic carbocycles. The van der Waals surface area contributed by atoms with Crippen molar-refractivity contribution in [2.75, 3.05) is 11.9 Å². The van der Waals surface area contributed by atoms with Crippen LogP contribution in [-0.4, -0.2) is 28.3 Å². The second-order valence-electron chi connectivity index (χ2n) is 7.64. The van der Waals surface area contributed by atoms with Gasteiger partial charge in [0.05, 0.1) is 19.1 Å². The third-order valence-electron chi connectivity index (χ3n) is 4.95. The van der Waals surface area contributed by atoms with Gasteiger partial charge in [-0.05, 0) is 55.3 Å². The number of anilines is 1. The lowest BCUT2D eigenvalue weighted by molar-refractivity contribution is -0.143. The summed E-state index contributed by atoms with van der Waals surface area (Å²) < 4.78 is 12.2. The smallest absolute Gasteiger partial charge is 0.319 e. The van der Waals surface area contributed by atoms with Crippen molar-refractivity contribution in [2.45, 2.75) is 26.3 Å². The Hall–Kier alpha value is -4.27. The number of aromatic hydroxyl groups is 1. The molecule has 1 aromatic heterocycles. The molecule has 0 aliphatic rings. The number of aromatic nitrogens is 1. The number of amides is 2. The van der Waals surface area contributed by atoms with Crippen molar-refractivity contribution in [3.05, 3.63) is 82.3 Å². The molecule has 1 atom stereocenters. The zero-order valence-electron chi connectivity index (χ0n) is 19.2. The van der Waals surface area contributed by atoms with E-state index in [1.165, 1.54) is 23.9 Å². The molecule has 0 saturated heterocycles. The normalized spacial score (nSPS) is 11.4. The fourth-order valence-corrected chi connectivity index (χ4v) is 3.29. The van der Waals surface area contributed by atoms with Gasteiger partial charge < -0.3 is 29.8 Å². The molecule has 0 fully saturated rings. The van der Waals surface area contributed by atoms with Crippen LogP contribution in [0.15, 0.2) is 65.6 Å². The van der Waals surface area contributed by atoms with Crippen LogP contribution >= 0.6 is 0 Å². The number of nitrogens with one attached hydrogen (secondary N) is 2. The molecule has 0 aliphatic carbocycles. The maximum absolute atomic E-state index is 12.7. The maximum Gasteiger partial charge on any atom is 0.319 e. The molecule has 3 aromatic rings. The molecule has 0 saturated carbocycles. The molecule has 1 heterocycles. The Bertz CT molecular complexity index is 1240. The molecule has 0 spiro atoms. The summed E-state index contributed by atoms with van der Waals surface area (Å²) in [6, 6.07) is 14.3. The van der Waals surface area contributed by atoms with Crippen molar-refractivity contribution >= 4 is 17.7 Å². The average molecular weight is 466 g/mol. The van der Waals surface area contributed by atoms with E-state index in [4.69, 9.17) is 9.47 Å². The summed E-state index contributed by atoms with van der Waals surface area (Å²) >= 11 is 0. The Balaban J connectivity index is 1.83. The zero-order valence-corrected chi connectivity index (χ0v) is 19.2. The number of urea groups is 1. The Morgan fingerprint density at radius 1 is 1.09 bits per heavy atom. The highest BCUT2D eigenvalue weighted by molar-refractivity contribution is 5.91. The predicted molar refractivity (Wildman–Crippen MR) is 127 cm³/mol. The van der Waals surface area contributed by atoms with E-state index in [0.717, 1.165) is 5.56 Å². The first-order chi connectivity index (χ1) is 16.3. The number of ether oxygens (including phenoxy) is 2. The number of carbonyl (C=O) groups is 2. The number of hydrogen-bond acceptors (Lipinski definition) is 6. The Labute approximate surface area is 197 Å². The number of aryl methyl sites for hydroxylation is 2. The zero-order chi connectivity index (χ0) is 24.7. The standard InChI is InChI=1S/C25H27N3O6/c1-4-33-22(30)15-20(26-25(32)27-23-21(29)11-12-28(3)24(23)31)17-8-6-10-19(14-17)34-18-9-5-7-16(2)13-18/h5-14,20,29H,4,15H2,1-3H3,(H2,26,27,32)/t20-/m0/s1. The molecular formula is C25H27N3O6. The second-order valence-corrected chi connectivity index (χ2v) is 7.64. The highest BCUT2D eigenvalue weighted by Crippen LogP contribution is 2.27. The third-order valence-corrected chi connectivity index (χ3v) is 4.95. The molecule has 3 N–H and O–H groups in total. The summed E-state index contributed by atoms with van der Waals surface area (Å²) in [5, 5.41) is 15.0. The van der Waals surface area contributed by atoms with Gasteiger partial charge in [0.15, 0.2) is 5.69 Å². The third kappa shape index (κ3) is 6.38. The minimum absolute atomic E-state index is 0.145. The number of rotatable bonds is 8. The SMILES string of the molecule is CCOC(=O)C[C@H](NC(=O)Nc1c(O)ccn(C)c1=O)c1cccc(Oc2cccc(C)c2)c1. The molecule has 0 radical (unpaired) electrons. The van der Waals surface area contributed by atoms with Gasteiger partial charge in [-0.1, -0.05) is 24.3 Å². The van der Waals surface area contributed by atoms with Crippen molar-refractivity contribution in [1.29, 1.82) is 0 Å². The van der Waals surface area contributed by atoms with E-state index in [1.54, 1.807) is 31.2 Å². The topological polar surface area (TPSA) is 119 Å². The van der Waals surface area contributed by atoms with Gasteiger partial charge in [-0.25, -0.2) is 4.79 Å². The van der Waals surface area contributed by atoms with E-state index in [-0.39, 0.29) is 24.5 Å². The lowest BCUT2D eigenvalue weighted by Crippen LogP contribution is -2.36. The van der Waals surface area contributed by atoms with Crippen LogP contribution in [0, 0.1) is 6.92 Å². The van der Waals surface area contributed by atoms with E-state index in [0.29, 0.717) is 17.1 Å². The van der Waals surface area contributed by atoms with Gasteiger partial charge in [0.1, 0.15) is 17.2 Å². The molecule has 0 bridgehead atoms. The number of esters is 1. The minimum atomic E-state index is -0.783. The van der Waals surface area contributed by atoms with Crippen LogP contribution in [0.2, 0.25) is 0 Å². The first-order valence-electron chi connectivity index (χ1n) is 10.7. The van der Waals surface area contributed by atoms with Crippen LogP contribution < -0.4 is 20.9 Å². The number of pyridine rings is 1. The van der Waals surface area contributed by atoms with Crippen LogP contribution in [0.1, 0.15) is 30.5 Å². The van der Waals surface area contributed by atoms with E-state index >= 15 is 0 Å². The predicted octanol–water partition coefficient (Wildman–Crippen LogP) is 4.01. The van der Waals surface area contributed by atoms with Crippen molar-refractivity contribution in [1.82, 2.24) is 9.88 Å². The monoisotopic (exact) mass is 465 g/mol. The van der Waals surface area contributed by atoms with Gasteiger partial charge in [-0.3, -0.25) is 9.59 Å². The Kier molecular flexibility index (Phi) is 7.92. The number of benzene rings is 2. The molecule has 9 heteroatoms. The van der Waals surface area contributed by atoms with Gasteiger partial charge in [-0.2, -0.15) is 0 Å². The van der Waals surface area contributed by atoms with Crippen molar-refractivity contribution in [2.24, 2.45) is 7.05 Å². The number of carbonyl (C=O) groups excluding carboxylic acids is 2. The van der Waals surface area contributed by atoms with Gasteiger partial charge in [0.2, 0.25) is 0 Å². The van der Waals surface area contributed by atoms with Gasteiger partial charge in [-0.15, -0.1) is 0 Å². The molecule has 9 nitrogen and oxygen atoms in total. The summed E-state index contributed by atoms with van der Waals surface area (Å²) in [5.74, 6) is 0.305. The van der Waals surface area contributed by atoms with E-state index in [1.807, 2.05) is 31.2 Å². The fraction of sp³-hybridized carbons (Fsp3) is 0.240. The van der Waals surface area contributed by atoms with Gasteiger partial charge in [0.25, 0.3) is 5.56 Å². The van der Waals surface area contributed by atoms with Gasteiger partial charge in [0, 0.05) is 13.2 Å². The molecule has 3 rings (SSSR count). The highest BCUT2D eigenvalue weighted by atomic mass is 16.5. The van der Waals surface area contributed by atoms with Crippen LogP contribution in [0.25, 0.3) is 0 Å². The first kappa shape index (κ1) is 24.4. The van der Waals surface area contributed by atoms with Gasteiger partial charge >= 0.3 is 12.0 Å². The molecule has 34 heavy (non-hydrogen) atoms. The lowest BCUT2D eigenvalue weighted by atomic mass is 10.0. The maximum atomic E-state index is 12.7. The first-order valence-corrected chi connectivity index (χ1v) is 10.7. The van der Waals surface area contributed by atoms with Crippen molar-refractivity contribution in [3.8, 4) is 17.2 Å². The molecule has 0 unspecified atom stereocenters. The average Bonchev–Trinajstić information content (AvgIpc) is 2.79. The number of nitrogens with zero attached hydrogens (tertiary/aromatic N) is 1. The largest absolute Gasteiger partial charge is 0.505 e. The summed E-state index contributed by atoms with van der Waals surface area (Å²) in [7, 11) is 1.49. The molecule has 2 amide bonds. The van der Waals surface area contributed by atoms with Crippen LogP contribution in [-0.2, 0) is 16.6 Å². The van der Waals surface area contributed by atoms with E-state index < -0.39 is 23.6 Å². The van der Waals surface area contributed by atoms with Crippen LogP contribution in [0.4, 0.5) is 10.5 Å². The van der Waals surface area contributed by atoms with Crippen LogP contribution in [0.3, 0.4) is 0 Å². The minimum Gasteiger partial charge on any atom is -0.505 e. The molecule has 178 valence electrons. The molecular weight excluding hydrogens is 438 g/mol. The Morgan fingerprint density at radius 3 is 2.50 bits per heavy atom. The summed E-state index contributed by atoms with van der Waals surface area (Å²) in [5.41, 5.74) is 0.792. The fourth-order valence-electron chi connectivity index (χ4n) is 3.29. The summed E-state index contributed by atoms with van der Waals surface area (Å²) in [6.07, 6.45) is 1.23. The van der Waals surface area contributed by atoms with Crippen molar-refractivity contribution in [3.63, 3.8) is 0 Å². The lowest BCUT2D eigenvalue weighted by Gasteiger charge is -2.20.